The highest BCUT2D eigenvalue weighted by Gasteiger charge is 2.19. The van der Waals surface area contributed by atoms with Gasteiger partial charge >= 0.3 is 0 Å². The molecule has 0 atom stereocenters. The Kier molecular flexibility index (Phi) is 9.67. The van der Waals surface area contributed by atoms with Crippen molar-refractivity contribution in [3.63, 3.8) is 0 Å². The molecule has 0 saturated heterocycles. The molecule has 0 spiro atoms. The van der Waals surface area contributed by atoms with Crippen LogP contribution in [0.4, 0.5) is 0 Å². The molecule has 4 rings (SSSR count). The van der Waals surface area contributed by atoms with E-state index in [1.54, 1.807) is 26.5 Å². The maximum atomic E-state index is 12.6. The molecule has 0 aliphatic rings. The topological polar surface area (TPSA) is 99.9 Å². The standard InChI is InChI=1S/C31H35N5O4S/c1-7-40-26-17-8-21(18-27(26)39-6)19-32-33-28(37)20-41-30-35-34-29(22-9-11-23(12-10-22)31(2,3)4)36(30)24-13-15-25(38-5)16-14-24/h8-19H,7,20H2,1-6H3,(H,33,37)/b32-19-. The smallest absolute Gasteiger partial charge is 0.250 e. The van der Waals surface area contributed by atoms with Gasteiger partial charge in [0.05, 0.1) is 32.8 Å². The number of carbonyl (C=O) groups excluding carboxylic acids is 1. The molecule has 0 unspecified atom stereocenters. The third-order valence-corrected chi connectivity index (χ3v) is 7.12. The van der Waals surface area contributed by atoms with Gasteiger partial charge in [-0.3, -0.25) is 9.36 Å². The van der Waals surface area contributed by atoms with E-state index in [1.807, 2.05) is 47.9 Å². The fraction of sp³-hybridized carbons (Fsp3) is 0.290. The summed E-state index contributed by atoms with van der Waals surface area (Å²) in [5.74, 6) is 2.50. The fourth-order valence-electron chi connectivity index (χ4n) is 4.01. The third-order valence-electron chi connectivity index (χ3n) is 6.20. The lowest BCUT2D eigenvalue weighted by molar-refractivity contribution is -0.118. The van der Waals surface area contributed by atoms with Crippen LogP contribution in [-0.2, 0) is 10.2 Å². The number of ether oxygens (including phenoxy) is 3. The van der Waals surface area contributed by atoms with Crippen molar-refractivity contribution < 1.29 is 19.0 Å². The van der Waals surface area contributed by atoms with E-state index in [9.17, 15) is 4.79 Å². The van der Waals surface area contributed by atoms with Crippen molar-refractivity contribution >= 4 is 23.9 Å². The van der Waals surface area contributed by atoms with E-state index in [1.165, 1.54) is 17.3 Å². The molecule has 1 N–H and O–H groups in total. The van der Waals surface area contributed by atoms with Crippen molar-refractivity contribution in [2.24, 2.45) is 5.10 Å². The monoisotopic (exact) mass is 573 g/mol. The number of hydrogen-bond acceptors (Lipinski definition) is 8. The first-order valence-corrected chi connectivity index (χ1v) is 14.2. The predicted molar refractivity (Wildman–Crippen MR) is 163 cm³/mol. The summed E-state index contributed by atoms with van der Waals surface area (Å²) in [5, 5.41) is 13.6. The van der Waals surface area contributed by atoms with Crippen molar-refractivity contribution in [1.82, 2.24) is 20.2 Å². The number of rotatable bonds is 11. The summed E-state index contributed by atoms with van der Waals surface area (Å²) in [6, 6.07) is 21.4. The highest BCUT2D eigenvalue weighted by Crippen LogP contribution is 2.31. The van der Waals surface area contributed by atoms with Crippen molar-refractivity contribution in [3.8, 4) is 34.3 Å². The first kappa shape index (κ1) is 29.7. The minimum atomic E-state index is -0.274. The minimum absolute atomic E-state index is 0.0397. The summed E-state index contributed by atoms with van der Waals surface area (Å²) in [4.78, 5) is 12.6. The number of nitrogens with one attached hydrogen (secondary N) is 1. The highest BCUT2D eigenvalue weighted by atomic mass is 32.2. The molecule has 3 aromatic carbocycles. The minimum Gasteiger partial charge on any atom is -0.497 e. The summed E-state index contributed by atoms with van der Waals surface area (Å²) in [5.41, 5.74) is 6.39. The van der Waals surface area contributed by atoms with E-state index in [-0.39, 0.29) is 17.1 Å². The maximum absolute atomic E-state index is 12.6. The van der Waals surface area contributed by atoms with Crippen LogP contribution in [0.1, 0.15) is 38.8 Å². The van der Waals surface area contributed by atoms with E-state index in [0.29, 0.717) is 29.1 Å². The Morgan fingerprint density at radius 2 is 1.71 bits per heavy atom. The molecule has 41 heavy (non-hydrogen) atoms. The summed E-state index contributed by atoms with van der Waals surface area (Å²) >= 11 is 1.28. The zero-order valence-corrected chi connectivity index (χ0v) is 25.0. The molecule has 0 radical (unpaired) electrons. The Labute approximate surface area is 244 Å². The van der Waals surface area contributed by atoms with E-state index < -0.39 is 0 Å². The molecule has 0 saturated carbocycles. The van der Waals surface area contributed by atoms with E-state index in [4.69, 9.17) is 14.2 Å². The molecule has 1 amide bonds. The Hall–Kier alpha value is -4.31. The van der Waals surface area contributed by atoms with Gasteiger partial charge in [-0.15, -0.1) is 10.2 Å². The molecule has 9 nitrogen and oxygen atoms in total. The Morgan fingerprint density at radius 1 is 0.976 bits per heavy atom. The maximum Gasteiger partial charge on any atom is 0.250 e. The molecule has 10 heteroatoms. The fourth-order valence-corrected chi connectivity index (χ4v) is 4.76. The van der Waals surface area contributed by atoms with Crippen LogP contribution < -0.4 is 19.6 Å². The number of methoxy groups -OCH3 is 2. The molecular weight excluding hydrogens is 538 g/mol. The average molecular weight is 574 g/mol. The normalized spacial score (nSPS) is 11.5. The van der Waals surface area contributed by atoms with Gasteiger partial charge in [0.15, 0.2) is 22.5 Å². The molecule has 0 fully saturated rings. The number of hydrazone groups is 1. The van der Waals surface area contributed by atoms with Crippen LogP contribution >= 0.6 is 11.8 Å². The number of aromatic nitrogens is 3. The number of amides is 1. The molecule has 0 bridgehead atoms. The van der Waals surface area contributed by atoms with Crippen molar-refractivity contribution in [1.29, 1.82) is 0 Å². The van der Waals surface area contributed by atoms with E-state index >= 15 is 0 Å². The van der Waals surface area contributed by atoms with Crippen LogP contribution in [0, 0.1) is 0 Å². The summed E-state index contributed by atoms with van der Waals surface area (Å²) < 4.78 is 18.2. The van der Waals surface area contributed by atoms with Gasteiger partial charge in [-0.2, -0.15) is 5.10 Å². The number of hydrogen-bond donors (Lipinski definition) is 1. The van der Waals surface area contributed by atoms with E-state index in [2.05, 4.69) is 65.8 Å². The molecule has 0 aliphatic heterocycles. The van der Waals surface area contributed by atoms with Gasteiger partial charge in [0, 0.05) is 11.3 Å². The quantitative estimate of drug-likeness (QED) is 0.136. The van der Waals surface area contributed by atoms with Gasteiger partial charge in [0.1, 0.15) is 5.75 Å². The van der Waals surface area contributed by atoms with Crippen molar-refractivity contribution in [2.75, 3.05) is 26.6 Å². The lowest BCUT2D eigenvalue weighted by Gasteiger charge is -2.19. The largest absolute Gasteiger partial charge is 0.497 e. The lowest BCUT2D eigenvalue weighted by Crippen LogP contribution is -2.20. The van der Waals surface area contributed by atoms with Gasteiger partial charge in [-0.05, 0) is 65.9 Å². The molecular formula is C31H35N5O4S. The van der Waals surface area contributed by atoms with Gasteiger partial charge < -0.3 is 14.2 Å². The van der Waals surface area contributed by atoms with Crippen LogP contribution in [0.2, 0.25) is 0 Å². The van der Waals surface area contributed by atoms with Crippen LogP contribution in [0.25, 0.3) is 17.1 Å². The zero-order chi connectivity index (χ0) is 29.4. The Balaban J connectivity index is 1.50. The number of nitrogens with zero attached hydrogens (tertiary/aromatic N) is 4. The lowest BCUT2D eigenvalue weighted by atomic mass is 9.87. The SMILES string of the molecule is CCOc1ccc(/C=N\NC(=O)CSc2nnc(-c3ccc(C(C)(C)C)cc3)n2-c2ccc(OC)cc2)cc1OC. The van der Waals surface area contributed by atoms with Crippen molar-refractivity contribution in [3.05, 3.63) is 77.9 Å². The van der Waals surface area contributed by atoms with Crippen molar-refractivity contribution in [2.45, 2.75) is 38.3 Å². The molecule has 1 heterocycles. The zero-order valence-electron chi connectivity index (χ0n) is 24.2. The van der Waals surface area contributed by atoms with Crippen LogP contribution in [0.15, 0.2) is 77.0 Å². The van der Waals surface area contributed by atoms with Gasteiger partial charge in [0.2, 0.25) is 0 Å². The molecule has 214 valence electrons. The number of thioether (sulfide) groups is 1. The first-order valence-electron chi connectivity index (χ1n) is 13.2. The second-order valence-electron chi connectivity index (χ2n) is 10.1. The Bertz CT molecular complexity index is 1490. The van der Waals surface area contributed by atoms with Crippen LogP contribution in [0.5, 0.6) is 17.2 Å². The Morgan fingerprint density at radius 3 is 2.34 bits per heavy atom. The molecule has 4 aromatic rings. The van der Waals surface area contributed by atoms with E-state index in [0.717, 1.165) is 22.6 Å². The number of benzene rings is 3. The second-order valence-corrected chi connectivity index (χ2v) is 11.0. The van der Waals surface area contributed by atoms with Crippen LogP contribution in [-0.4, -0.2) is 53.5 Å². The second kappa shape index (κ2) is 13.4. The summed E-state index contributed by atoms with van der Waals surface area (Å²) in [6.45, 7) is 8.99. The highest BCUT2D eigenvalue weighted by molar-refractivity contribution is 7.99. The summed E-state index contributed by atoms with van der Waals surface area (Å²) in [6.07, 6.45) is 1.56. The van der Waals surface area contributed by atoms with Gasteiger partial charge in [-0.1, -0.05) is 56.8 Å². The predicted octanol–water partition coefficient (Wildman–Crippen LogP) is 5.89. The molecule has 1 aromatic heterocycles. The van der Waals surface area contributed by atoms with Crippen LogP contribution in [0.3, 0.4) is 0 Å². The first-order chi connectivity index (χ1) is 19.7. The van der Waals surface area contributed by atoms with Gasteiger partial charge in [-0.25, -0.2) is 5.43 Å². The number of carbonyl (C=O) groups is 1. The molecule has 0 aliphatic carbocycles. The summed E-state index contributed by atoms with van der Waals surface area (Å²) in [7, 11) is 3.21. The van der Waals surface area contributed by atoms with Gasteiger partial charge in [0.25, 0.3) is 5.91 Å². The third kappa shape index (κ3) is 7.46. The average Bonchev–Trinajstić information content (AvgIpc) is 3.40.